The molecule has 0 fully saturated rings. The van der Waals surface area contributed by atoms with Crippen LogP contribution in [0.25, 0.3) is 0 Å². The third-order valence-electron chi connectivity index (χ3n) is 2.31. The number of hydrogen-bond acceptors (Lipinski definition) is 5. The van der Waals surface area contributed by atoms with E-state index in [-0.39, 0.29) is 32.0 Å². The molecule has 0 aromatic carbocycles. The van der Waals surface area contributed by atoms with Crippen molar-refractivity contribution in [3.8, 4) is 0 Å². The zero-order valence-corrected chi connectivity index (χ0v) is 12.3. The van der Waals surface area contributed by atoms with Gasteiger partial charge in [-0.2, -0.15) is 4.31 Å². The summed E-state index contributed by atoms with van der Waals surface area (Å²) in [6.45, 7) is 5.13. The Morgan fingerprint density at radius 3 is 2.32 bits per heavy atom. The molecule has 0 rings (SSSR count). The highest BCUT2D eigenvalue weighted by atomic mass is 32.2. The normalized spacial score (nSPS) is 11.8. The van der Waals surface area contributed by atoms with Crippen LogP contribution in [0, 0.1) is 0 Å². The maximum absolute atomic E-state index is 12.0. The number of carbonyl (C=O) groups is 2. The number of rotatable bonds is 9. The minimum absolute atomic E-state index is 0.0751. The Labute approximate surface area is 113 Å². The van der Waals surface area contributed by atoms with Gasteiger partial charge >= 0.3 is 11.9 Å². The molecule has 0 aromatic rings. The molecule has 0 aliphatic rings. The molecule has 0 atom stereocenters. The van der Waals surface area contributed by atoms with Crippen LogP contribution in [0.3, 0.4) is 0 Å². The van der Waals surface area contributed by atoms with E-state index in [4.69, 9.17) is 5.11 Å². The molecule has 1 N–H and O–H groups in total. The van der Waals surface area contributed by atoms with Crippen LogP contribution in [0.2, 0.25) is 0 Å². The maximum Gasteiger partial charge on any atom is 0.322 e. The molecule has 0 radical (unpaired) electrons. The average molecular weight is 295 g/mol. The van der Waals surface area contributed by atoms with E-state index in [0.717, 1.165) is 4.31 Å². The van der Waals surface area contributed by atoms with Crippen LogP contribution in [-0.4, -0.2) is 54.7 Å². The van der Waals surface area contributed by atoms with E-state index in [2.05, 4.69) is 4.74 Å². The Bertz CT molecular complexity index is 403. The van der Waals surface area contributed by atoms with Gasteiger partial charge in [0.05, 0.1) is 6.61 Å². The molecule has 0 aromatic heterocycles. The molecule has 19 heavy (non-hydrogen) atoms. The number of carboxylic acid groups (broad SMARTS) is 1. The second-order valence-electron chi connectivity index (χ2n) is 4.26. The lowest BCUT2D eigenvalue weighted by molar-refractivity contribution is -0.140. The fraction of sp³-hybridized carbons (Fsp3) is 0.818. The van der Waals surface area contributed by atoms with Crippen molar-refractivity contribution < 1.29 is 27.9 Å². The Kier molecular flexibility index (Phi) is 7.62. The van der Waals surface area contributed by atoms with Crippen molar-refractivity contribution in [2.24, 2.45) is 0 Å². The van der Waals surface area contributed by atoms with Crippen molar-refractivity contribution in [3.05, 3.63) is 0 Å². The van der Waals surface area contributed by atoms with Gasteiger partial charge in [0.2, 0.25) is 10.0 Å². The lowest BCUT2D eigenvalue weighted by Crippen LogP contribution is -2.41. The standard InChI is InChI=1S/C11H21NO6S/c1-4-18-11(15)8-19(16,17)12(9(2)3)7-5-6-10(13)14/h9H,4-8H2,1-3H3,(H,13,14). The first-order valence-electron chi connectivity index (χ1n) is 6.07. The minimum atomic E-state index is -3.78. The summed E-state index contributed by atoms with van der Waals surface area (Å²) < 4.78 is 29.8. The predicted octanol–water partition coefficient (Wildman–Crippen LogP) is 0.455. The van der Waals surface area contributed by atoms with Gasteiger partial charge in [-0.1, -0.05) is 0 Å². The highest BCUT2D eigenvalue weighted by Gasteiger charge is 2.28. The molecule has 0 saturated carbocycles. The number of aliphatic carboxylic acids is 1. The summed E-state index contributed by atoms with van der Waals surface area (Å²) in [5.41, 5.74) is 0. The monoisotopic (exact) mass is 295 g/mol. The van der Waals surface area contributed by atoms with Crippen molar-refractivity contribution in [1.82, 2.24) is 4.31 Å². The Morgan fingerprint density at radius 2 is 1.89 bits per heavy atom. The molecular formula is C11H21NO6S. The van der Waals surface area contributed by atoms with Gasteiger partial charge in [0.15, 0.2) is 5.75 Å². The number of carboxylic acids is 1. The average Bonchev–Trinajstić information content (AvgIpc) is 2.22. The smallest absolute Gasteiger partial charge is 0.322 e. The molecule has 0 aliphatic carbocycles. The second-order valence-corrected chi connectivity index (χ2v) is 6.18. The lowest BCUT2D eigenvalue weighted by atomic mass is 10.3. The Hall–Kier alpha value is -1.15. The van der Waals surface area contributed by atoms with Crippen LogP contribution < -0.4 is 0 Å². The molecule has 0 spiro atoms. The van der Waals surface area contributed by atoms with E-state index < -0.39 is 27.7 Å². The maximum atomic E-state index is 12.0. The zero-order chi connectivity index (χ0) is 15.1. The summed E-state index contributed by atoms with van der Waals surface area (Å²) >= 11 is 0. The van der Waals surface area contributed by atoms with E-state index in [1.165, 1.54) is 0 Å². The van der Waals surface area contributed by atoms with Crippen molar-refractivity contribution >= 4 is 22.0 Å². The lowest BCUT2D eigenvalue weighted by Gasteiger charge is -2.25. The highest BCUT2D eigenvalue weighted by Crippen LogP contribution is 2.10. The molecule has 112 valence electrons. The first kappa shape index (κ1) is 17.8. The van der Waals surface area contributed by atoms with Gasteiger partial charge in [-0.25, -0.2) is 8.42 Å². The second kappa shape index (κ2) is 8.11. The number of carbonyl (C=O) groups excluding carboxylic acids is 1. The van der Waals surface area contributed by atoms with E-state index in [0.29, 0.717) is 0 Å². The van der Waals surface area contributed by atoms with Gasteiger partial charge < -0.3 is 9.84 Å². The fourth-order valence-corrected chi connectivity index (χ4v) is 3.14. The highest BCUT2D eigenvalue weighted by molar-refractivity contribution is 7.89. The van der Waals surface area contributed by atoms with Crippen molar-refractivity contribution in [2.75, 3.05) is 18.9 Å². The molecule has 0 bridgehead atoms. The summed E-state index contributed by atoms with van der Waals surface area (Å²) in [7, 11) is -3.78. The predicted molar refractivity (Wildman–Crippen MR) is 69.1 cm³/mol. The van der Waals surface area contributed by atoms with E-state index in [1.54, 1.807) is 20.8 Å². The van der Waals surface area contributed by atoms with Crippen LogP contribution >= 0.6 is 0 Å². The summed E-state index contributed by atoms with van der Waals surface area (Å²) in [5, 5.41) is 8.54. The molecule has 0 amide bonds. The third-order valence-corrected chi connectivity index (χ3v) is 4.23. The first-order valence-corrected chi connectivity index (χ1v) is 7.68. The molecule has 7 nitrogen and oxygen atoms in total. The zero-order valence-electron chi connectivity index (χ0n) is 11.5. The van der Waals surface area contributed by atoms with Crippen molar-refractivity contribution in [3.63, 3.8) is 0 Å². The fourth-order valence-electron chi connectivity index (χ4n) is 1.54. The SMILES string of the molecule is CCOC(=O)CS(=O)(=O)N(CCCC(=O)O)C(C)C. The van der Waals surface area contributed by atoms with E-state index in [9.17, 15) is 18.0 Å². The van der Waals surface area contributed by atoms with Crippen molar-refractivity contribution in [2.45, 2.75) is 39.7 Å². The minimum Gasteiger partial charge on any atom is -0.481 e. The molecule has 0 saturated heterocycles. The molecule has 0 aliphatic heterocycles. The van der Waals surface area contributed by atoms with Crippen LogP contribution in [0.15, 0.2) is 0 Å². The van der Waals surface area contributed by atoms with Crippen LogP contribution in [0.1, 0.15) is 33.6 Å². The summed E-state index contributed by atoms with van der Waals surface area (Å²) in [5.74, 6) is -2.50. The van der Waals surface area contributed by atoms with Gasteiger partial charge in [0, 0.05) is 19.0 Å². The molecule has 0 heterocycles. The molecule has 8 heteroatoms. The van der Waals surface area contributed by atoms with E-state index in [1.807, 2.05) is 0 Å². The molecular weight excluding hydrogens is 274 g/mol. The summed E-state index contributed by atoms with van der Waals surface area (Å²) in [6, 6.07) is -0.340. The third kappa shape index (κ3) is 7.12. The van der Waals surface area contributed by atoms with Crippen LogP contribution in [0.5, 0.6) is 0 Å². The number of ether oxygens (including phenoxy) is 1. The molecule has 0 unspecified atom stereocenters. The Balaban J connectivity index is 4.67. The van der Waals surface area contributed by atoms with Crippen LogP contribution in [0.4, 0.5) is 0 Å². The van der Waals surface area contributed by atoms with Gasteiger partial charge in [-0.3, -0.25) is 9.59 Å². The van der Waals surface area contributed by atoms with Gasteiger partial charge in [-0.05, 0) is 27.2 Å². The quantitative estimate of drug-likeness (QED) is 0.620. The summed E-state index contributed by atoms with van der Waals surface area (Å²) in [6.07, 6.45) is 0.0910. The van der Waals surface area contributed by atoms with Gasteiger partial charge in [0.1, 0.15) is 0 Å². The van der Waals surface area contributed by atoms with E-state index >= 15 is 0 Å². The van der Waals surface area contributed by atoms with Gasteiger partial charge in [-0.15, -0.1) is 0 Å². The van der Waals surface area contributed by atoms with Crippen LogP contribution in [-0.2, 0) is 24.3 Å². The topological polar surface area (TPSA) is 101 Å². The Morgan fingerprint density at radius 1 is 1.32 bits per heavy atom. The number of hydrogen-bond donors (Lipinski definition) is 1. The van der Waals surface area contributed by atoms with Crippen molar-refractivity contribution in [1.29, 1.82) is 0 Å². The number of nitrogens with zero attached hydrogens (tertiary/aromatic N) is 1. The number of sulfonamides is 1. The summed E-state index contributed by atoms with van der Waals surface area (Å²) in [4.78, 5) is 21.7. The largest absolute Gasteiger partial charge is 0.481 e. The number of esters is 1. The van der Waals surface area contributed by atoms with Gasteiger partial charge in [0.25, 0.3) is 0 Å². The first-order chi connectivity index (χ1) is 8.70.